The predicted octanol–water partition coefficient (Wildman–Crippen LogP) is 6.61. The van der Waals surface area contributed by atoms with E-state index in [1.807, 2.05) is 0 Å². The lowest BCUT2D eigenvalue weighted by Gasteiger charge is -2.27. The quantitative estimate of drug-likeness (QED) is 0.105. The Hall–Kier alpha value is -6.39. The number of hydrogen-bond acceptors (Lipinski definition) is 15. The van der Waals surface area contributed by atoms with Crippen molar-refractivity contribution in [3.63, 3.8) is 0 Å². The standard InChI is InChI=1S/C14H13ClF3N3O3.C13H11ClF3N3O3.C12H9ClF3N3O3/c1-7-8(6-24-3)13(23)21(12(7)22)20(2)10-5-4-9(11(15)19-10)14(16,17)18;1-6-7(5-23-2)12(22)20(11(6)21)19-9-4-3-8(10(14)18-9)13(15,16)17;1-5-6(4-20)11(22)19(10(5)21)18-8-3-2-7(9(13)17-8)12(14,15)16/h4-5H,6H2,1-3H3;3-4H,5H2,1-2H3,(H,18,19);2-3,20H,4H2,1H3,(H,17,18). The van der Waals surface area contributed by atoms with Gasteiger partial charge in [-0.25, -0.2) is 15.0 Å². The minimum absolute atomic E-state index is 0.0398. The Bertz CT molecular complexity index is 2700. The van der Waals surface area contributed by atoms with E-state index in [1.54, 1.807) is 0 Å². The van der Waals surface area contributed by atoms with Gasteiger partial charge in [0.2, 0.25) is 0 Å². The van der Waals surface area contributed by atoms with E-state index < -0.39 is 92.7 Å². The SMILES string of the molecule is CC1=C(CO)C(=O)N(Nc2ccc(C(F)(F)F)c(Cl)n2)C1=O.COCC1=C(C)C(=O)N(N(C)c2ccc(C(F)(F)F)c(Cl)n2)C1=O.COCC1=C(C)C(=O)N(Nc2ccc(C(F)(F)F)c(Cl)n2)C1=O. The molecule has 0 aliphatic carbocycles. The number of nitrogens with one attached hydrogen (secondary N) is 2. The number of nitrogens with zero attached hydrogens (tertiary/aromatic N) is 7. The molecule has 30 heteroatoms. The molecule has 0 unspecified atom stereocenters. The highest BCUT2D eigenvalue weighted by Gasteiger charge is 2.42. The number of pyridine rings is 3. The van der Waals surface area contributed by atoms with Crippen LogP contribution in [0.2, 0.25) is 15.5 Å². The number of carbonyl (C=O) groups excluding carboxylic acids is 6. The van der Waals surface area contributed by atoms with Crippen molar-refractivity contribution in [3.05, 3.63) is 102 Å². The van der Waals surface area contributed by atoms with Gasteiger partial charge in [0, 0.05) is 38.0 Å². The van der Waals surface area contributed by atoms with Crippen molar-refractivity contribution in [1.82, 2.24) is 30.0 Å². The molecule has 0 fully saturated rings. The first kappa shape index (κ1) is 55.2. The smallest absolute Gasteiger partial charge is 0.391 e. The van der Waals surface area contributed by atoms with Crippen LogP contribution in [-0.2, 0) is 56.8 Å². The molecule has 0 saturated heterocycles. The third kappa shape index (κ3) is 12.1. The summed E-state index contributed by atoms with van der Waals surface area (Å²) < 4.78 is 123. The molecule has 372 valence electrons. The normalized spacial score (nSPS) is 15.7. The number of carbonyl (C=O) groups is 6. The van der Waals surface area contributed by atoms with E-state index in [1.165, 1.54) is 42.0 Å². The van der Waals surface area contributed by atoms with Gasteiger partial charge in [-0.1, -0.05) is 34.8 Å². The molecule has 0 spiro atoms. The maximum atomic E-state index is 12.7. The lowest BCUT2D eigenvalue weighted by molar-refractivity contribution is -0.139. The van der Waals surface area contributed by atoms with Gasteiger partial charge in [0.05, 0.1) is 53.2 Å². The maximum Gasteiger partial charge on any atom is 0.419 e. The molecule has 0 atom stereocenters. The number of amides is 6. The molecule has 3 aliphatic rings. The van der Waals surface area contributed by atoms with Crippen LogP contribution in [0.25, 0.3) is 0 Å². The Labute approximate surface area is 397 Å². The fourth-order valence-corrected chi connectivity index (χ4v) is 6.67. The Kier molecular flexibility index (Phi) is 17.2. The van der Waals surface area contributed by atoms with Crippen LogP contribution in [0.3, 0.4) is 0 Å². The van der Waals surface area contributed by atoms with Gasteiger partial charge in [0.1, 0.15) is 32.9 Å². The number of aliphatic hydroxyl groups excluding tert-OH is 1. The average Bonchev–Trinajstić information content (AvgIpc) is 3.68. The Morgan fingerprint density at radius 2 is 0.899 bits per heavy atom. The van der Waals surface area contributed by atoms with E-state index in [4.69, 9.17) is 49.4 Å². The first-order valence-electron chi connectivity index (χ1n) is 18.7. The number of ether oxygens (including phenoxy) is 2. The number of aromatic nitrogens is 3. The first-order chi connectivity index (χ1) is 31.9. The number of imide groups is 3. The molecule has 3 aromatic rings. The van der Waals surface area contributed by atoms with Crippen molar-refractivity contribution < 1.29 is 82.9 Å². The Morgan fingerprint density at radius 3 is 1.25 bits per heavy atom. The van der Waals surface area contributed by atoms with Crippen LogP contribution in [-0.4, -0.2) is 112 Å². The van der Waals surface area contributed by atoms with Crippen LogP contribution >= 0.6 is 34.8 Å². The molecule has 18 nitrogen and oxygen atoms in total. The second-order valence-corrected chi connectivity index (χ2v) is 15.0. The molecule has 6 heterocycles. The minimum atomic E-state index is -4.66. The Morgan fingerprint density at radius 1 is 0.551 bits per heavy atom. The molecule has 69 heavy (non-hydrogen) atoms. The molecule has 6 amide bonds. The fraction of sp³-hybridized carbons (Fsp3) is 0.308. The van der Waals surface area contributed by atoms with Crippen LogP contribution in [0, 0.1) is 0 Å². The van der Waals surface area contributed by atoms with Crippen molar-refractivity contribution in [1.29, 1.82) is 0 Å². The number of hydrazine groups is 3. The van der Waals surface area contributed by atoms with Crippen molar-refractivity contribution in [3.8, 4) is 0 Å². The summed E-state index contributed by atoms with van der Waals surface area (Å²) in [6.07, 6.45) is -14.0. The van der Waals surface area contributed by atoms with E-state index in [2.05, 4.69) is 25.8 Å². The fourth-order valence-electron chi connectivity index (χ4n) is 5.89. The van der Waals surface area contributed by atoms with Gasteiger partial charge in [0.25, 0.3) is 35.4 Å². The highest BCUT2D eigenvalue weighted by Crippen LogP contribution is 2.37. The molecule has 3 N–H and O–H groups in total. The molecule has 6 rings (SSSR count). The van der Waals surface area contributed by atoms with Crippen LogP contribution in [0.15, 0.2) is 69.8 Å². The lowest BCUT2D eigenvalue weighted by atomic mass is 10.2. The molecular weight excluding hydrogens is 1020 g/mol. The van der Waals surface area contributed by atoms with Gasteiger partial charge in [-0.2, -0.15) is 54.5 Å². The number of rotatable bonds is 11. The number of anilines is 3. The van der Waals surface area contributed by atoms with E-state index in [-0.39, 0.29) is 64.1 Å². The molecular formula is C39H33Cl3F9N9O9. The van der Waals surface area contributed by atoms with Crippen molar-refractivity contribution in [2.24, 2.45) is 0 Å². The topological polar surface area (TPSA) is 217 Å². The summed E-state index contributed by atoms with van der Waals surface area (Å²) in [5.74, 6) is -4.53. The highest BCUT2D eigenvalue weighted by molar-refractivity contribution is 6.31. The van der Waals surface area contributed by atoms with E-state index >= 15 is 0 Å². The zero-order valence-electron chi connectivity index (χ0n) is 36.0. The van der Waals surface area contributed by atoms with Crippen LogP contribution in [0.1, 0.15) is 37.5 Å². The van der Waals surface area contributed by atoms with Gasteiger partial charge >= 0.3 is 18.5 Å². The van der Waals surface area contributed by atoms with E-state index in [0.717, 1.165) is 34.3 Å². The predicted molar refractivity (Wildman–Crippen MR) is 223 cm³/mol. The van der Waals surface area contributed by atoms with Crippen LogP contribution in [0.5, 0.6) is 0 Å². The summed E-state index contributed by atoms with van der Waals surface area (Å²) >= 11 is 16.5. The summed E-state index contributed by atoms with van der Waals surface area (Å²) in [5, 5.41) is 9.67. The van der Waals surface area contributed by atoms with Gasteiger partial charge in [0.15, 0.2) is 0 Å². The van der Waals surface area contributed by atoms with Gasteiger partial charge in [-0.05, 0) is 57.2 Å². The largest absolute Gasteiger partial charge is 0.419 e. The number of hydrogen-bond donors (Lipinski definition) is 3. The summed E-state index contributed by atoms with van der Waals surface area (Å²) in [6, 6.07) is 5.05. The number of methoxy groups -OCH3 is 2. The average molecular weight is 1050 g/mol. The molecule has 0 saturated carbocycles. The third-order valence-electron chi connectivity index (χ3n) is 9.56. The summed E-state index contributed by atoms with van der Waals surface area (Å²) in [7, 11) is 4.07. The second kappa shape index (κ2) is 21.5. The minimum Gasteiger partial charge on any atom is -0.391 e. The maximum absolute atomic E-state index is 12.7. The molecule has 0 bridgehead atoms. The summed E-state index contributed by atoms with van der Waals surface area (Å²) in [5.41, 5.74) is 1.93. The third-order valence-corrected chi connectivity index (χ3v) is 10.4. The van der Waals surface area contributed by atoms with Crippen molar-refractivity contribution in [2.45, 2.75) is 39.3 Å². The highest BCUT2D eigenvalue weighted by atomic mass is 35.5. The molecule has 0 aromatic carbocycles. The van der Waals surface area contributed by atoms with E-state index in [0.29, 0.717) is 22.2 Å². The zero-order valence-corrected chi connectivity index (χ0v) is 38.2. The number of aliphatic hydroxyl groups is 1. The van der Waals surface area contributed by atoms with Gasteiger partial charge < -0.3 is 14.6 Å². The monoisotopic (exact) mass is 1050 g/mol. The first-order valence-corrected chi connectivity index (χ1v) is 19.9. The Balaban J connectivity index is 0.000000226. The van der Waals surface area contributed by atoms with Crippen LogP contribution in [0.4, 0.5) is 57.0 Å². The summed E-state index contributed by atoms with van der Waals surface area (Å²) in [6.45, 7) is 3.52. The van der Waals surface area contributed by atoms with Gasteiger partial charge in [-0.3, -0.25) is 44.6 Å². The van der Waals surface area contributed by atoms with Crippen molar-refractivity contribution in [2.75, 3.05) is 56.9 Å². The number of alkyl halides is 9. The molecule has 0 radical (unpaired) electrons. The number of halogens is 12. The van der Waals surface area contributed by atoms with E-state index in [9.17, 15) is 68.3 Å². The van der Waals surface area contributed by atoms with Crippen molar-refractivity contribution >= 4 is 87.7 Å². The lowest BCUT2D eigenvalue weighted by Crippen LogP contribution is -2.45. The summed E-state index contributed by atoms with van der Waals surface area (Å²) in [4.78, 5) is 82.9. The van der Waals surface area contributed by atoms with Gasteiger partial charge in [-0.15, -0.1) is 0 Å². The van der Waals surface area contributed by atoms with Crippen LogP contribution < -0.4 is 15.9 Å². The molecule has 3 aliphatic heterocycles. The molecule has 3 aromatic heterocycles. The second-order valence-electron chi connectivity index (χ2n) is 14.0. The zero-order chi connectivity index (χ0) is 52.2.